The lowest BCUT2D eigenvalue weighted by molar-refractivity contribution is 0.0943. The van der Waals surface area contributed by atoms with Crippen molar-refractivity contribution in [1.29, 1.82) is 0 Å². The number of halogens is 2. The van der Waals surface area contributed by atoms with Crippen LogP contribution in [0.4, 0.5) is 4.39 Å². The Bertz CT molecular complexity index is 433. The molecule has 1 aliphatic heterocycles. The summed E-state index contributed by atoms with van der Waals surface area (Å²) in [6.45, 7) is 2.68. The number of hydrogen-bond donors (Lipinski definition) is 2. The maximum atomic E-state index is 13.3. The van der Waals surface area contributed by atoms with Gasteiger partial charge in [-0.1, -0.05) is 0 Å². The van der Waals surface area contributed by atoms with E-state index in [9.17, 15) is 9.18 Å². The number of hydrogen-bond acceptors (Lipinski definition) is 2. The van der Waals surface area contributed by atoms with Crippen molar-refractivity contribution in [3.8, 4) is 0 Å². The summed E-state index contributed by atoms with van der Waals surface area (Å²) in [5.41, 5.74) is 0.365. The Hall–Kier alpha value is -0.940. The number of carbonyl (C=O) groups is 1. The fourth-order valence-corrected chi connectivity index (χ4v) is 2.31. The van der Waals surface area contributed by atoms with Crippen molar-refractivity contribution < 1.29 is 9.18 Å². The van der Waals surface area contributed by atoms with Gasteiger partial charge in [-0.3, -0.25) is 4.79 Å². The van der Waals surface area contributed by atoms with Gasteiger partial charge in [0.05, 0.1) is 4.47 Å². The normalized spacial score (nSPS) is 16.6. The first-order valence-electron chi connectivity index (χ1n) is 6.11. The minimum absolute atomic E-state index is 0.208. The van der Waals surface area contributed by atoms with Gasteiger partial charge in [-0.25, -0.2) is 4.39 Å². The molecule has 2 N–H and O–H groups in total. The summed E-state index contributed by atoms with van der Waals surface area (Å²) in [6, 6.07) is 4.42. The van der Waals surface area contributed by atoms with Crippen molar-refractivity contribution >= 4 is 21.8 Å². The molecular formula is C13H16BrFN2O. The van der Waals surface area contributed by atoms with Gasteiger partial charge < -0.3 is 10.6 Å². The minimum atomic E-state index is -0.412. The fourth-order valence-electron chi connectivity index (χ4n) is 2.06. The lowest BCUT2D eigenvalue weighted by atomic mass is 9.98. The molecule has 18 heavy (non-hydrogen) atoms. The van der Waals surface area contributed by atoms with Crippen molar-refractivity contribution in [1.82, 2.24) is 10.6 Å². The summed E-state index contributed by atoms with van der Waals surface area (Å²) < 4.78 is 13.7. The molecule has 0 bridgehead atoms. The Morgan fingerprint density at radius 2 is 2.17 bits per heavy atom. The molecule has 1 aromatic rings. The van der Waals surface area contributed by atoms with E-state index in [1.807, 2.05) is 0 Å². The Morgan fingerprint density at radius 1 is 1.44 bits per heavy atom. The Kier molecular flexibility index (Phi) is 4.72. The minimum Gasteiger partial charge on any atom is -0.352 e. The molecule has 98 valence electrons. The number of benzene rings is 1. The topological polar surface area (TPSA) is 41.1 Å². The van der Waals surface area contributed by atoms with Crippen molar-refractivity contribution in [2.45, 2.75) is 12.8 Å². The van der Waals surface area contributed by atoms with E-state index in [-0.39, 0.29) is 5.91 Å². The third kappa shape index (κ3) is 3.53. The highest BCUT2D eigenvalue weighted by Gasteiger charge is 2.15. The third-order valence-corrected chi connectivity index (χ3v) is 3.83. The zero-order chi connectivity index (χ0) is 13.0. The average Bonchev–Trinajstić information content (AvgIpc) is 2.40. The monoisotopic (exact) mass is 314 g/mol. The standard InChI is InChI=1S/C13H16BrFN2O/c14-11-2-1-10(7-12(11)15)13(18)17-8-9-3-5-16-6-4-9/h1-2,7,9,16H,3-6,8H2,(H,17,18). The van der Waals surface area contributed by atoms with E-state index >= 15 is 0 Å². The first-order valence-corrected chi connectivity index (χ1v) is 6.90. The average molecular weight is 315 g/mol. The fraction of sp³-hybridized carbons (Fsp3) is 0.462. The predicted octanol–water partition coefficient (Wildman–Crippen LogP) is 2.32. The Morgan fingerprint density at radius 3 is 2.83 bits per heavy atom. The highest BCUT2D eigenvalue weighted by Crippen LogP contribution is 2.16. The van der Waals surface area contributed by atoms with Crippen LogP contribution < -0.4 is 10.6 Å². The van der Waals surface area contributed by atoms with Crippen LogP contribution in [0.3, 0.4) is 0 Å². The second-order valence-corrected chi connectivity index (χ2v) is 5.39. The van der Waals surface area contributed by atoms with Gasteiger partial charge in [-0.15, -0.1) is 0 Å². The lowest BCUT2D eigenvalue weighted by Gasteiger charge is -2.22. The van der Waals surface area contributed by atoms with Crippen LogP contribution in [0.15, 0.2) is 22.7 Å². The number of carbonyl (C=O) groups excluding carboxylic acids is 1. The molecule has 3 nitrogen and oxygen atoms in total. The molecule has 1 aliphatic rings. The predicted molar refractivity (Wildman–Crippen MR) is 72.0 cm³/mol. The summed E-state index contributed by atoms with van der Waals surface area (Å²) in [6.07, 6.45) is 2.16. The van der Waals surface area contributed by atoms with Gasteiger partial charge in [0.25, 0.3) is 5.91 Å². The molecule has 0 saturated carbocycles. The summed E-state index contributed by atoms with van der Waals surface area (Å²) in [5.74, 6) is -0.0973. The van der Waals surface area contributed by atoms with Crippen LogP contribution in [0.25, 0.3) is 0 Å². The van der Waals surface area contributed by atoms with Crippen LogP contribution >= 0.6 is 15.9 Å². The van der Waals surface area contributed by atoms with Gasteiger partial charge in [0, 0.05) is 12.1 Å². The molecule has 0 aliphatic carbocycles. The van der Waals surface area contributed by atoms with Gasteiger partial charge in [-0.05, 0) is 66.0 Å². The molecule has 0 atom stereocenters. The van der Waals surface area contributed by atoms with Crippen LogP contribution in [0.2, 0.25) is 0 Å². The van der Waals surface area contributed by atoms with Crippen LogP contribution in [0.1, 0.15) is 23.2 Å². The Labute approximate surface area is 114 Å². The van der Waals surface area contributed by atoms with Crippen molar-refractivity contribution in [3.05, 3.63) is 34.1 Å². The van der Waals surface area contributed by atoms with Gasteiger partial charge in [-0.2, -0.15) is 0 Å². The number of amides is 1. The second kappa shape index (κ2) is 6.29. The van der Waals surface area contributed by atoms with E-state index in [0.717, 1.165) is 25.9 Å². The zero-order valence-electron chi connectivity index (χ0n) is 10.0. The molecule has 1 heterocycles. The maximum absolute atomic E-state index is 13.3. The highest BCUT2D eigenvalue weighted by atomic mass is 79.9. The number of piperidine rings is 1. The third-order valence-electron chi connectivity index (χ3n) is 3.19. The van der Waals surface area contributed by atoms with E-state index in [1.165, 1.54) is 6.07 Å². The van der Waals surface area contributed by atoms with Crippen molar-refractivity contribution in [3.63, 3.8) is 0 Å². The molecule has 1 fully saturated rings. The number of rotatable bonds is 3. The van der Waals surface area contributed by atoms with Crippen LogP contribution in [0.5, 0.6) is 0 Å². The SMILES string of the molecule is O=C(NCC1CCNCC1)c1ccc(Br)c(F)c1. The highest BCUT2D eigenvalue weighted by molar-refractivity contribution is 9.10. The Balaban J connectivity index is 1.88. The lowest BCUT2D eigenvalue weighted by Crippen LogP contribution is -2.36. The van der Waals surface area contributed by atoms with Crippen LogP contribution in [0, 0.1) is 11.7 Å². The van der Waals surface area contributed by atoms with Gasteiger partial charge in [0.15, 0.2) is 0 Å². The van der Waals surface area contributed by atoms with Gasteiger partial charge in [0.2, 0.25) is 0 Å². The molecule has 0 radical (unpaired) electrons. The first kappa shape index (κ1) is 13.5. The van der Waals surface area contributed by atoms with Crippen LogP contribution in [-0.2, 0) is 0 Å². The van der Waals surface area contributed by atoms with E-state index in [4.69, 9.17) is 0 Å². The van der Waals surface area contributed by atoms with Gasteiger partial charge >= 0.3 is 0 Å². The zero-order valence-corrected chi connectivity index (χ0v) is 11.6. The van der Waals surface area contributed by atoms with E-state index in [0.29, 0.717) is 22.5 Å². The summed E-state index contributed by atoms with van der Waals surface area (Å²) in [7, 11) is 0. The summed E-state index contributed by atoms with van der Waals surface area (Å²) in [4.78, 5) is 11.8. The molecule has 0 unspecified atom stereocenters. The molecule has 5 heteroatoms. The molecule has 1 amide bonds. The maximum Gasteiger partial charge on any atom is 0.251 e. The molecule has 0 spiro atoms. The van der Waals surface area contributed by atoms with Crippen LogP contribution in [-0.4, -0.2) is 25.5 Å². The largest absolute Gasteiger partial charge is 0.352 e. The number of nitrogens with one attached hydrogen (secondary N) is 2. The first-order chi connectivity index (χ1) is 8.66. The molecule has 0 aromatic heterocycles. The quantitative estimate of drug-likeness (QED) is 0.899. The smallest absolute Gasteiger partial charge is 0.251 e. The van der Waals surface area contributed by atoms with Crippen molar-refractivity contribution in [2.24, 2.45) is 5.92 Å². The second-order valence-electron chi connectivity index (χ2n) is 4.53. The van der Waals surface area contributed by atoms with E-state index in [1.54, 1.807) is 12.1 Å². The summed E-state index contributed by atoms with van der Waals surface area (Å²) >= 11 is 3.07. The van der Waals surface area contributed by atoms with E-state index < -0.39 is 5.82 Å². The summed E-state index contributed by atoms with van der Waals surface area (Å²) in [5, 5.41) is 6.15. The molecule has 1 saturated heterocycles. The molecule has 1 aromatic carbocycles. The molecular weight excluding hydrogens is 299 g/mol. The van der Waals surface area contributed by atoms with E-state index in [2.05, 4.69) is 26.6 Å². The van der Waals surface area contributed by atoms with Crippen molar-refractivity contribution in [2.75, 3.05) is 19.6 Å². The molecule has 2 rings (SSSR count). The van der Waals surface area contributed by atoms with Gasteiger partial charge in [0.1, 0.15) is 5.82 Å².